The Balaban J connectivity index is 1.71. The van der Waals surface area contributed by atoms with Gasteiger partial charge in [-0.3, -0.25) is 0 Å². The molecule has 1 aromatic rings. The SMILES string of the molecule is COC1(c2nc(CNC3CC3)cs2)CCCC(C)C1. The van der Waals surface area contributed by atoms with Crippen LogP contribution in [0, 0.1) is 5.92 Å². The van der Waals surface area contributed by atoms with Gasteiger partial charge in [0.05, 0.1) is 5.69 Å². The summed E-state index contributed by atoms with van der Waals surface area (Å²) in [4.78, 5) is 4.84. The lowest BCUT2D eigenvalue weighted by molar-refractivity contribution is -0.0581. The number of ether oxygens (including phenoxy) is 1. The molecule has 2 aliphatic rings. The van der Waals surface area contributed by atoms with E-state index in [0.29, 0.717) is 0 Å². The number of hydrogen-bond donors (Lipinski definition) is 1. The smallest absolute Gasteiger partial charge is 0.125 e. The van der Waals surface area contributed by atoms with Gasteiger partial charge in [0.1, 0.15) is 10.6 Å². The van der Waals surface area contributed by atoms with E-state index in [0.717, 1.165) is 31.3 Å². The second-order valence-electron chi connectivity index (χ2n) is 6.20. The van der Waals surface area contributed by atoms with Crippen molar-refractivity contribution in [2.24, 2.45) is 5.92 Å². The first-order chi connectivity index (χ1) is 9.22. The van der Waals surface area contributed by atoms with Crippen molar-refractivity contribution in [2.45, 2.75) is 63.6 Å². The molecule has 2 unspecified atom stereocenters. The van der Waals surface area contributed by atoms with Gasteiger partial charge in [-0.2, -0.15) is 0 Å². The molecular weight excluding hydrogens is 256 g/mol. The average Bonchev–Trinajstić information content (AvgIpc) is 3.13. The Morgan fingerprint density at radius 3 is 3.00 bits per heavy atom. The molecule has 19 heavy (non-hydrogen) atoms. The lowest BCUT2D eigenvalue weighted by atomic mass is 9.79. The number of nitrogens with zero attached hydrogens (tertiary/aromatic N) is 1. The predicted molar refractivity (Wildman–Crippen MR) is 78.3 cm³/mol. The van der Waals surface area contributed by atoms with Crippen LogP contribution >= 0.6 is 11.3 Å². The second-order valence-corrected chi connectivity index (χ2v) is 7.06. The van der Waals surface area contributed by atoms with E-state index in [1.54, 1.807) is 11.3 Å². The Morgan fingerprint density at radius 2 is 2.32 bits per heavy atom. The summed E-state index contributed by atoms with van der Waals surface area (Å²) in [5.74, 6) is 0.741. The molecule has 0 amide bonds. The van der Waals surface area contributed by atoms with E-state index in [4.69, 9.17) is 9.72 Å². The maximum absolute atomic E-state index is 5.91. The molecule has 2 aliphatic carbocycles. The molecule has 2 saturated carbocycles. The van der Waals surface area contributed by atoms with Crippen molar-refractivity contribution < 1.29 is 4.74 Å². The van der Waals surface area contributed by atoms with Crippen LogP contribution in [0.25, 0.3) is 0 Å². The van der Waals surface area contributed by atoms with Crippen LogP contribution in [0.3, 0.4) is 0 Å². The van der Waals surface area contributed by atoms with Crippen molar-refractivity contribution in [3.8, 4) is 0 Å². The minimum absolute atomic E-state index is 0.111. The highest BCUT2D eigenvalue weighted by Crippen LogP contribution is 2.43. The van der Waals surface area contributed by atoms with Crippen LogP contribution in [-0.2, 0) is 16.9 Å². The highest BCUT2D eigenvalue weighted by atomic mass is 32.1. The number of rotatable bonds is 5. The minimum atomic E-state index is -0.111. The van der Waals surface area contributed by atoms with Crippen molar-refractivity contribution in [3.05, 3.63) is 16.1 Å². The molecule has 1 N–H and O–H groups in total. The Labute approximate surface area is 119 Å². The molecule has 3 nitrogen and oxygen atoms in total. The molecule has 1 aromatic heterocycles. The fraction of sp³-hybridized carbons (Fsp3) is 0.800. The van der Waals surface area contributed by atoms with Crippen LogP contribution in [0.1, 0.15) is 56.2 Å². The van der Waals surface area contributed by atoms with Gasteiger partial charge in [-0.15, -0.1) is 11.3 Å². The van der Waals surface area contributed by atoms with E-state index in [1.165, 1.54) is 36.4 Å². The lowest BCUT2D eigenvalue weighted by Gasteiger charge is -2.37. The summed E-state index contributed by atoms with van der Waals surface area (Å²) < 4.78 is 5.91. The topological polar surface area (TPSA) is 34.1 Å². The highest BCUT2D eigenvalue weighted by Gasteiger charge is 2.39. The van der Waals surface area contributed by atoms with Gasteiger partial charge in [0.2, 0.25) is 0 Å². The zero-order valence-corrected chi connectivity index (χ0v) is 12.8. The number of hydrogen-bond acceptors (Lipinski definition) is 4. The summed E-state index contributed by atoms with van der Waals surface area (Å²) in [5, 5.41) is 6.92. The summed E-state index contributed by atoms with van der Waals surface area (Å²) in [5.41, 5.74) is 1.07. The van der Waals surface area contributed by atoms with Crippen LogP contribution in [0.15, 0.2) is 5.38 Å². The molecule has 3 rings (SSSR count). The van der Waals surface area contributed by atoms with Crippen molar-refractivity contribution >= 4 is 11.3 Å². The molecule has 0 radical (unpaired) electrons. The minimum Gasteiger partial charge on any atom is -0.371 e. The summed E-state index contributed by atoms with van der Waals surface area (Å²) in [6, 6.07) is 0.747. The van der Waals surface area contributed by atoms with E-state index in [1.807, 2.05) is 7.11 Å². The Kier molecular flexibility index (Phi) is 3.92. The molecule has 106 valence electrons. The Hall–Kier alpha value is -0.450. The van der Waals surface area contributed by atoms with Gasteiger partial charge in [0.25, 0.3) is 0 Å². The molecule has 1 heterocycles. The highest BCUT2D eigenvalue weighted by molar-refractivity contribution is 7.09. The fourth-order valence-electron chi connectivity index (χ4n) is 3.10. The van der Waals surface area contributed by atoms with Crippen LogP contribution in [-0.4, -0.2) is 18.1 Å². The lowest BCUT2D eigenvalue weighted by Crippen LogP contribution is -2.34. The van der Waals surface area contributed by atoms with Crippen LogP contribution in [0.2, 0.25) is 0 Å². The van der Waals surface area contributed by atoms with E-state index < -0.39 is 0 Å². The van der Waals surface area contributed by atoms with Gasteiger partial charge >= 0.3 is 0 Å². The first-order valence-corrected chi connectivity index (χ1v) is 8.33. The Morgan fingerprint density at radius 1 is 1.47 bits per heavy atom. The number of aromatic nitrogens is 1. The first-order valence-electron chi connectivity index (χ1n) is 7.45. The molecular formula is C15H24N2OS. The van der Waals surface area contributed by atoms with Gasteiger partial charge in [0, 0.05) is 25.1 Å². The third-order valence-corrected chi connectivity index (χ3v) is 5.51. The van der Waals surface area contributed by atoms with Crippen molar-refractivity contribution in [1.82, 2.24) is 10.3 Å². The summed E-state index contributed by atoms with van der Waals surface area (Å²) in [7, 11) is 1.85. The summed E-state index contributed by atoms with van der Waals surface area (Å²) in [6.07, 6.45) is 7.48. The van der Waals surface area contributed by atoms with Crippen LogP contribution in [0.4, 0.5) is 0 Å². The first kappa shape index (κ1) is 13.5. The largest absolute Gasteiger partial charge is 0.371 e. The quantitative estimate of drug-likeness (QED) is 0.897. The second kappa shape index (κ2) is 5.51. The third kappa shape index (κ3) is 3.01. The third-order valence-electron chi connectivity index (χ3n) is 4.44. The number of thiazole rings is 1. The van der Waals surface area contributed by atoms with Crippen molar-refractivity contribution in [2.75, 3.05) is 7.11 Å². The molecule has 0 spiro atoms. The van der Waals surface area contributed by atoms with Gasteiger partial charge < -0.3 is 10.1 Å². The fourth-order valence-corrected chi connectivity index (χ4v) is 4.14. The zero-order chi connectivity index (χ0) is 13.3. The van der Waals surface area contributed by atoms with Crippen LogP contribution in [0.5, 0.6) is 0 Å². The maximum atomic E-state index is 5.91. The Bertz CT molecular complexity index is 430. The maximum Gasteiger partial charge on any atom is 0.125 e. The van der Waals surface area contributed by atoms with E-state index in [2.05, 4.69) is 17.6 Å². The van der Waals surface area contributed by atoms with Gasteiger partial charge in [-0.05, 0) is 38.0 Å². The van der Waals surface area contributed by atoms with E-state index in [-0.39, 0.29) is 5.60 Å². The summed E-state index contributed by atoms with van der Waals surface area (Å²) in [6.45, 7) is 3.24. The average molecular weight is 280 g/mol. The number of methoxy groups -OCH3 is 1. The van der Waals surface area contributed by atoms with Gasteiger partial charge in [-0.1, -0.05) is 13.3 Å². The van der Waals surface area contributed by atoms with Crippen molar-refractivity contribution in [1.29, 1.82) is 0 Å². The standard InChI is InChI=1S/C15H24N2OS/c1-11-4-3-7-15(8-11,18-2)14-17-13(10-19-14)9-16-12-5-6-12/h10-12,16H,3-9H2,1-2H3. The van der Waals surface area contributed by atoms with E-state index >= 15 is 0 Å². The molecule has 4 heteroatoms. The zero-order valence-electron chi connectivity index (χ0n) is 11.9. The van der Waals surface area contributed by atoms with Crippen LogP contribution < -0.4 is 5.32 Å². The molecule has 0 saturated heterocycles. The monoisotopic (exact) mass is 280 g/mol. The normalized spacial score (nSPS) is 31.6. The van der Waals surface area contributed by atoms with E-state index in [9.17, 15) is 0 Å². The summed E-state index contributed by atoms with van der Waals surface area (Å²) >= 11 is 1.78. The molecule has 2 atom stereocenters. The van der Waals surface area contributed by atoms with Gasteiger partial charge in [0.15, 0.2) is 0 Å². The molecule has 0 aromatic carbocycles. The van der Waals surface area contributed by atoms with Gasteiger partial charge in [-0.25, -0.2) is 4.98 Å². The number of nitrogens with one attached hydrogen (secondary N) is 1. The predicted octanol–water partition coefficient (Wildman–Crippen LogP) is 3.45. The van der Waals surface area contributed by atoms with Crippen molar-refractivity contribution in [3.63, 3.8) is 0 Å². The molecule has 0 aliphatic heterocycles. The molecule has 0 bridgehead atoms. The molecule has 2 fully saturated rings.